The van der Waals surface area contributed by atoms with Gasteiger partial charge < -0.3 is 15.2 Å². The van der Waals surface area contributed by atoms with Crippen LogP contribution in [-0.2, 0) is 43.3 Å². The molecule has 0 saturated heterocycles. The van der Waals surface area contributed by atoms with E-state index in [9.17, 15) is 75.6 Å². The molecule has 27 nitrogen and oxygen atoms in total. The molecule has 0 aliphatic carbocycles. The summed E-state index contributed by atoms with van der Waals surface area (Å²) in [7, 11) is 0. The summed E-state index contributed by atoms with van der Waals surface area (Å²) in [4.78, 5) is 97.2. The Kier molecular flexibility index (Phi) is 33.3. The van der Waals surface area contributed by atoms with Crippen LogP contribution in [0, 0.1) is 70.8 Å². The lowest BCUT2D eigenvalue weighted by Crippen LogP contribution is -2.13. The van der Waals surface area contributed by atoms with E-state index in [-0.39, 0.29) is 93.3 Å². The molecule has 4 aromatic carbocycles. The van der Waals surface area contributed by atoms with Crippen LogP contribution < -0.4 is 0 Å². The first-order valence-corrected chi connectivity index (χ1v) is 32.8. The SMILES string of the molecule is CC(C)(C)c1cc([N+](=O)[O-])ccn1.CC(C)(C)c1ccc([N+](=O)[O-])c(C(=O)O)c1.CC(C)(C)c1ccc([N+](=O)[O-])cc1.CC(C)(C)c1ccc([N+](=O)[O-])cc1[N+](=O)[O-].CC(C)(C)c1ccccc1[N+](=O)[O-].CC(C)(C)c1ccccn1.CC(C)(C)c1ccnc([N+](=O)[O-])c1.CC(C)(C)c1ccncc1. The average Bonchev–Trinajstić information content (AvgIpc) is 0.814. The van der Waals surface area contributed by atoms with Crippen molar-refractivity contribution >= 4 is 45.9 Å². The highest BCUT2D eigenvalue weighted by Gasteiger charge is 2.29. The lowest BCUT2D eigenvalue weighted by Gasteiger charge is -2.19. The van der Waals surface area contributed by atoms with Gasteiger partial charge in [-0.3, -0.25) is 75.6 Å². The molecule has 0 fully saturated rings. The van der Waals surface area contributed by atoms with E-state index in [0.717, 1.165) is 39.7 Å². The fraction of sp³-hybridized carbons (Fsp3) is 0.416. The molecule has 4 aromatic heterocycles. The normalized spacial score (nSPS) is 11.3. The first kappa shape index (κ1) is 90.8. The Morgan fingerprint density at radius 3 is 1.06 bits per heavy atom. The molecule has 27 heteroatoms. The predicted molar refractivity (Wildman–Crippen MR) is 406 cm³/mol. The van der Waals surface area contributed by atoms with Crippen molar-refractivity contribution in [1.29, 1.82) is 0 Å². The van der Waals surface area contributed by atoms with Gasteiger partial charge in [-0.25, -0.2) is 4.79 Å². The number of nitro benzene ring substituents is 5. The maximum Gasteiger partial charge on any atom is 0.363 e. The molecule has 0 spiro atoms. The largest absolute Gasteiger partial charge is 0.477 e. The van der Waals surface area contributed by atoms with Crippen LogP contribution in [0.15, 0.2) is 171 Å². The number of hydrogen-bond donors (Lipinski definition) is 1. The standard InChI is InChI=1S/C11H13NO4.C10H12N2O4.2C10H13NO2.2C9H12N2O2.2C9H13N/c1-11(2,3)7-4-5-9(12(15)16)8(6-7)10(13)14;1-10(2,3)8-5-4-7(11(13)14)6-9(8)12(15)16;1-10(2,3)8-4-6-9(7-5-8)11(12)13;1-10(2,3)8-6-4-5-7-9(8)11(12)13;1-9(2,3)8-6-7(11(12)13)4-5-10-8;1-9(2,3)7-4-5-10-8(6-7)11(12)13;1-9(2,3)8-4-6-10-7-5-8;1-9(2,3)8-6-4-5-7-10-8/h4-6H,1-3H3,(H,13,14);4-6H,1-3H3;2*4-7H,1-3H3;2*4-6H,1-3H3;2*4-7H,1-3H3. The zero-order valence-corrected chi connectivity index (χ0v) is 64.2. The number of benzene rings is 4. The average molecular weight is 1440 g/mol. The van der Waals surface area contributed by atoms with E-state index in [0.29, 0.717) is 5.56 Å². The molecular formula is C77H101N11O16. The quantitative estimate of drug-likeness (QED) is 0.109. The fourth-order valence-electron chi connectivity index (χ4n) is 8.69. The first-order chi connectivity index (χ1) is 47.3. The van der Waals surface area contributed by atoms with Gasteiger partial charge in [-0.05, 0) is 107 Å². The van der Waals surface area contributed by atoms with Crippen molar-refractivity contribution in [2.75, 3.05) is 0 Å². The minimum atomic E-state index is -1.28. The third-order valence-corrected chi connectivity index (χ3v) is 14.8. The summed E-state index contributed by atoms with van der Waals surface area (Å²) in [6.45, 7) is 48.4. The van der Waals surface area contributed by atoms with E-state index >= 15 is 0 Å². The summed E-state index contributed by atoms with van der Waals surface area (Å²) < 4.78 is 0. The van der Waals surface area contributed by atoms with Crippen LogP contribution in [0.2, 0.25) is 0 Å². The molecule has 560 valence electrons. The summed E-state index contributed by atoms with van der Waals surface area (Å²) >= 11 is 0. The number of aromatic nitrogens is 4. The number of rotatable bonds is 8. The van der Waals surface area contributed by atoms with Gasteiger partial charge in [-0.2, -0.15) is 0 Å². The number of para-hydroxylation sites is 1. The van der Waals surface area contributed by atoms with Crippen LogP contribution in [-0.4, -0.2) is 65.5 Å². The molecule has 4 heterocycles. The van der Waals surface area contributed by atoms with Crippen LogP contribution >= 0.6 is 0 Å². The third kappa shape index (κ3) is 31.7. The maximum atomic E-state index is 10.9. The van der Waals surface area contributed by atoms with Crippen molar-refractivity contribution in [3.05, 3.63) is 292 Å². The Balaban J connectivity index is 0.000000597. The summed E-state index contributed by atoms with van der Waals surface area (Å²) in [5.41, 5.74) is 6.05. The number of nitro groups is 7. The molecule has 104 heavy (non-hydrogen) atoms. The molecule has 0 radical (unpaired) electrons. The number of aromatic carboxylic acids is 1. The van der Waals surface area contributed by atoms with E-state index in [1.54, 1.807) is 54.6 Å². The van der Waals surface area contributed by atoms with Crippen molar-refractivity contribution in [1.82, 2.24) is 19.9 Å². The molecule has 1 N–H and O–H groups in total. The highest BCUT2D eigenvalue weighted by molar-refractivity contribution is 5.92. The lowest BCUT2D eigenvalue weighted by molar-refractivity contribution is -0.394. The number of non-ortho nitro benzene ring substituents is 2. The van der Waals surface area contributed by atoms with Crippen molar-refractivity contribution in [2.45, 2.75) is 209 Å². The number of pyridine rings is 4. The number of hydrogen-bond acceptors (Lipinski definition) is 19. The van der Waals surface area contributed by atoms with E-state index in [1.807, 2.05) is 141 Å². The highest BCUT2D eigenvalue weighted by atomic mass is 16.7. The number of carboxylic acids is 1. The van der Waals surface area contributed by atoms with Crippen molar-refractivity contribution in [3.8, 4) is 0 Å². The van der Waals surface area contributed by atoms with Crippen LogP contribution in [0.25, 0.3) is 0 Å². The number of carboxylic acid groups (broad SMARTS) is 1. The Morgan fingerprint density at radius 1 is 0.298 bits per heavy atom. The summed E-state index contributed by atoms with van der Waals surface area (Å²) in [5, 5.41) is 82.8. The summed E-state index contributed by atoms with van der Waals surface area (Å²) in [6, 6.07) is 37.8. The summed E-state index contributed by atoms with van der Waals surface area (Å²) in [5.74, 6) is -1.37. The molecule has 0 aliphatic heterocycles. The number of carbonyl (C=O) groups is 1. The van der Waals surface area contributed by atoms with Crippen LogP contribution in [0.3, 0.4) is 0 Å². The molecular weight excluding hydrogens is 1330 g/mol. The van der Waals surface area contributed by atoms with Gasteiger partial charge >= 0.3 is 11.8 Å². The first-order valence-electron chi connectivity index (χ1n) is 32.8. The van der Waals surface area contributed by atoms with Gasteiger partial charge in [0.25, 0.3) is 34.1 Å². The highest BCUT2D eigenvalue weighted by Crippen LogP contribution is 2.35. The van der Waals surface area contributed by atoms with Gasteiger partial charge in [-0.1, -0.05) is 209 Å². The second-order valence-corrected chi connectivity index (χ2v) is 31.9. The molecule has 0 amide bonds. The van der Waals surface area contributed by atoms with Crippen LogP contribution in [0.4, 0.5) is 39.9 Å². The van der Waals surface area contributed by atoms with Crippen LogP contribution in [0.5, 0.6) is 0 Å². The van der Waals surface area contributed by atoms with E-state index in [1.165, 1.54) is 60.4 Å². The Morgan fingerprint density at radius 2 is 0.683 bits per heavy atom. The molecule has 0 unspecified atom stereocenters. The zero-order chi connectivity index (χ0) is 80.5. The second kappa shape index (κ2) is 38.1. The molecule has 8 aromatic rings. The lowest BCUT2D eigenvalue weighted by atomic mass is 9.86. The zero-order valence-electron chi connectivity index (χ0n) is 64.2. The topological polar surface area (TPSA) is 391 Å². The molecule has 0 bridgehead atoms. The minimum Gasteiger partial charge on any atom is -0.477 e. The predicted octanol–water partition coefficient (Wildman–Crippen LogP) is 20.5. The Labute approximate surface area is 608 Å². The molecule has 0 atom stereocenters. The van der Waals surface area contributed by atoms with Crippen molar-refractivity contribution in [3.63, 3.8) is 0 Å². The van der Waals surface area contributed by atoms with Gasteiger partial charge in [0.1, 0.15) is 11.8 Å². The monoisotopic (exact) mass is 1440 g/mol. The van der Waals surface area contributed by atoms with E-state index < -0.39 is 36.0 Å². The third-order valence-electron chi connectivity index (χ3n) is 14.8. The van der Waals surface area contributed by atoms with Gasteiger partial charge in [-0.15, -0.1) is 0 Å². The van der Waals surface area contributed by atoms with Gasteiger partial charge in [0.2, 0.25) is 0 Å². The fourth-order valence-corrected chi connectivity index (χ4v) is 8.69. The summed E-state index contributed by atoms with van der Waals surface area (Å²) in [6.07, 6.45) is 8.44. The molecule has 0 saturated carbocycles. The molecule has 0 aliphatic rings. The second-order valence-electron chi connectivity index (χ2n) is 31.9. The van der Waals surface area contributed by atoms with E-state index in [2.05, 4.69) is 100 Å². The molecule has 8 rings (SSSR count). The van der Waals surface area contributed by atoms with Crippen molar-refractivity contribution in [2.24, 2.45) is 0 Å². The Bertz CT molecular complexity index is 4070. The van der Waals surface area contributed by atoms with Crippen LogP contribution in [0.1, 0.15) is 221 Å². The van der Waals surface area contributed by atoms with Gasteiger partial charge in [0, 0.05) is 101 Å². The van der Waals surface area contributed by atoms with Gasteiger partial charge in [0.15, 0.2) is 0 Å². The maximum absolute atomic E-state index is 10.9. The smallest absolute Gasteiger partial charge is 0.363 e. The van der Waals surface area contributed by atoms with E-state index in [4.69, 9.17) is 5.11 Å². The Hall–Kier alpha value is -11.3. The minimum absolute atomic E-state index is 0.0507. The van der Waals surface area contributed by atoms with Gasteiger partial charge in [0.05, 0.1) is 41.3 Å². The number of nitrogens with zero attached hydrogens (tertiary/aromatic N) is 11. The van der Waals surface area contributed by atoms with Crippen molar-refractivity contribution < 1.29 is 44.4 Å².